The van der Waals surface area contributed by atoms with Crippen LogP contribution in [0, 0.1) is 0 Å². The van der Waals surface area contributed by atoms with Crippen molar-refractivity contribution in [3.05, 3.63) is 59.5 Å². The third-order valence-corrected chi connectivity index (χ3v) is 4.70. The van der Waals surface area contributed by atoms with Crippen molar-refractivity contribution in [1.29, 1.82) is 0 Å². The number of nitrogens with zero attached hydrogens (tertiary/aromatic N) is 1. The van der Waals surface area contributed by atoms with Gasteiger partial charge in [0.2, 0.25) is 0 Å². The molecule has 2 atom stereocenters. The molecular formula is C22H28N2O5. The van der Waals surface area contributed by atoms with Crippen LogP contribution in [0.4, 0.5) is 4.79 Å². The number of ether oxygens (including phenoxy) is 2. The third-order valence-electron chi connectivity index (χ3n) is 4.70. The Morgan fingerprint density at radius 1 is 1.14 bits per heavy atom. The predicted molar refractivity (Wildman–Crippen MR) is 108 cm³/mol. The molecule has 1 N–H and O–H groups in total. The largest absolute Gasteiger partial charge is 0.453 e. The molecule has 1 fully saturated rings. The van der Waals surface area contributed by atoms with E-state index in [2.05, 4.69) is 5.32 Å². The lowest BCUT2D eigenvalue weighted by atomic mass is 9.94. The number of furan rings is 1. The van der Waals surface area contributed by atoms with Crippen molar-refractivity contribution < 1.29 is 23.5 Å². The highest BCUT2D eigenvalue weighted by atomic mass is 16.6. The van der Waals surface area contributed by atoms with Crippen LogP contribution in [0.15, 0.2) is 46.9 Å². The standard InChI is InChI=1S/C22H28N2O5/c1-22(2,3)29-21(26)23-18-13-24(12-17(18)15-8-6-5-7-9-15)20(25)19-11-10-16(28-19)14-27-4/h5-11,17-18H,12-14H2,1-4H3,(H,23,26)/t17-,18+/m0/s1. The summed E-state index contributed by atoms with van der Waals surface area (Å²) in [6.07, 6.45) is -0.488. The fourth-order valence-electron chi connectivity index (χ4n) is 3.48. The van der Waals surface area contributed by atoms with Gasteiger partial charge in [0, 0.05) is 26.1 Å². The molecule has 1 aliphatic heterocycles. The molecule has 1 saturated heterocycles. The average molecular weight is 400 g/mol. The van der Waals surface area contributed by atoms with Gasteiger partial charge < -0.3 is 24.1 Å². The van der Waals surface area contributed by atoms with Crippen LogP contribution >= 0.6 is 0 Å². The summed E-state index contributed by atoms with van der Waals surface area (Å²) in [5, 5.41) is 2.94. The second kappa shape index (κ2) is 8.69. The Morgan fingerprint density at radius 3 is 2.52 bits per heavy atom. The molecule has 1 aliphatic rings. The molecular weight excluding hydrogens is 372 g/mol. The number of benzene rings is 1. The van der Waals surface area contributed by atoms with Crippen molar-refractivity contribution in [1.82, 2.24) is 10.2 Å². The molecule has 2 heterocycles. The van der Waals surface area contributed by atoms with Crippen LogP contribution in [0.1, 0.15) is 48.6 Å². The fraction of sp³-hybridized carbons (Fsp3) is 0.455. The molecule has 3 rings (SSSR count). The number of methoxy groups -OCH3 is 1. The van der Waals surface area contributed by atoms with E-state index in [0.717, 1.165) is 5.56 Å². The molecule has 156 valence electrons. The van der Waals surface area contributed by atoms with Crippen molar-refractivity contribution in [3.63, 3.8) is 0 Å². The van der Waals surface area contributed by atoms with Crippen molar-refractivity contribution in [2.45, 2.75) is 44.9 Å². The van der Waals surface area contributed by atoms with E-state index in [0.29, 0.717) is 25.5 Å². The van der Waals surface area contributed by atoms with Gasteiger partial charge in [-0.05, 0) is 38.5 Å². The summed E-state index contributed by atoms with van der Waals surface area (Å²) < 4.78 is 16.0. The second-order valence-corrected chi connectivity index (χ2v) is 8.18. The molecule has 0 unspecified atom stereocenters. The Morgan fingerprint density at radius 2 is 1.86 bits per heavy atom. The molecule has 0 bridgehead atoms. The molecule has 0 radical (unpaired) electrons. The molecule has 0 aliphatic carbocycles. The third kappa shape index (κ3) is 5.38. The zero-order chi connectivity index (χ0) is 21.0. The number of carbonyl (C=O) groups excluding carboxylic acids is 2. The van der Waals surface area contributed by atoms with Gasteiger partial charge in [0.15, 0.2) is 5.76 Å². The first-order chi connectivity index (χ1) is 13.8. The van der Waals surface area contributed by atoms with Crippen LogP contribution < -0.4 is 5.32 Å². The minimum Gasteiger partial charge on any atom is -0.453 e. The lowest BCUT2D eigenvalue weighted by Crippen LogP contribution is -2.43. The Kier molecular flexibility index (Phi) is 6.27. The van der Waals surface area contributed by atoms with Crippen molar-refractivity contribution >= 4 is 12.0 Å². The van der Waals surface area contributed by atoms with E-state index in [1.54, 1.807) is 24.1 Å². The summed E-state index contributed by atoms with van der Waals surface area (Å²) in [5.41, 5.74) is 0.468. The van der Waals surface area contributed by atoms with Crippen LogP contribution in [0.2, 0.25) is 0 Å². The highest BCUT2D eigenvalue weighted by Gasteiger charge is 2.38. The molecule has 29 heavy (non-hydrogen) atoms. The van der Waals surface area contributed by atoms with Crippen LogP contribution in [-0.4, -0.2) is 48.7 Å². The summed E-state index contributed by atoms with van der Waals surface area (Å²) in [6.45, 7) is 6.62. The van der Waals surface area contributed by atoms with Crippen LogP contribution in [0.25, 0.3) is 0 Å². The SMILES string of the molecule is COCc1ccc(C(=O)N2C[C@@H](NC(=O)OC(C)(C)C)[C@H](c3ccccc3)C2)o1. The maximum atomic E-state index is 12.9. The number of hydrogen-bond acceptors (Lipinski definition) is 5. The number of hydrogen-bond donors (Lipinski definition) is 1. The maximum absolute atomic E-state index is 12.9. The van der Waals surface area contributed by atoms with Gasteiger partial charge in [-0.1, -0.05) is 30.3 Å². The summed E-state index contributed by atoms with van der Waals surface area (Å²) in [6, 6.07) is 13.0. The Balaban J connectivity index is 1.76. The lowest BCUT2D eigenvalue weighted by Gasteiger charge is -2.24. The molecule has 1 aromatic carbocycles. The molecule has 0 spiro atoms. The topological polar surface area (TPSA) is 81.0 Å². The molecule has 7 heteroatoms. The minimum atomic E-state index is -0.591. The van der Waals surface area contributed by atoms with E-state index in [9.17, 15) is 9.59 Å². The van der Waals surface area contributed by atoms with Crippen molar-refractivity contribution in [2.75, 3.05) is 20.2 Å². The van der Waals surface area contributed by atoms with Gasteiger partial charge in [-0.25, -0.2) is 4.79 Å². The van der Waals surface area contributed by atoms with Gasteiger partial charge in [-0.15, -0.1) is 0 Å². The van der Waals surface area contributed by atoms with E-state index >= 15 is 0 Å². The van der Waals surface area contributed by atoms with E-state index < -0.39 is 11.7 Å². The normalized spacial score (nSPS) is 19.2. The first-order valence-electron chi connectivity index (χ1n) is 9.68. The molecule has 2 amide bonds. The highest BCUT2D eigenvalue weighted by Crippen LogP contribution is 2.29. The number of rotatable bonds is 5. The monoisotopic (exact) mass is 400 g/mol. The Bertz CT molecular complexity index is 840. The van der Waals surface area contributed by atoms with Crippen molar-refractivity contribution in [3.8, 4) is 0 Å². The van der Waals surface area contributed by atoms with E-state index in [-0.39, 0.29) is 23.6 Å². The number of amides is 2. The van der Waals surface area contributed by atoms with E-state index in [4.69, 9.17) is 13.9 Å². The van der Waals surface area contributed by atoms with Crippen LogP contribution in [0.5, 0.6) is 0 Å². The number of alkyl carbamates (subject to hydrolysis) is 1. The van der Waals surface area contributed by atoms with Gasteiger partial charge >= 0.3 is 6.09 Å². The quantitative estimate of drug-likeness (QED) is 0.830. The summed E-state index contributed by atoms with van der Waals surface area (Å²) in [7, 11) is 1.57. The summed E-state index contributed by atoms with van der Waals surface area (Å²) in [5.74, 6) is 0.614. The molecule has 2 aromatic rings. The number of carbonyl (C=O) groups is 2. The second-order valence-electron chi connectivity index (χ2n) is 8.18. The number of nitrogens with one attached hydrogen (secondary N) is 1. The van der Waals surface area contributed by atoms with E-state index in [1.165, 1.54) is 0 Å². The van der Waals surface area contributed by atoms with Gasteiger partial charge in [0.05, 0.1) is 6.04 Å². The zero-order valence-electron chi connectivity index (χ0n) is 17.3. The first-order valence-corrected chi connectivity index (χ1v) is 9.68. The fourth-order valence-corrected chi connectivity index (χ4v) is 3.48. The van der Waals surface area contributed by atoms with Gasteiger partial charge in [0.25, 0.3) is 5.91 Å². The zero-order valence-corrected chi connectivity index (χ0v) is 17.3. The minimum absolute atomic E-state index is 0.0407. The molecule has 7 nitrogen and oxygen atoms in total. The van der Waals surface area contributed by atoms with Gasteiger partial charge in [-0.3, -0.25) is 4.79 Å². The van der Waals surface area contributed by atoms with Gasteiger partial charge in [-0.2, -0.15) is 0 Å². The van der Waals surface area contributed by atoms with Crippen LogP contribution in [-0.2, 0) is 16.1 Å². The molecule has 1 aromatic heterocycles. The number of likely N-dealkylation sites (tertiary alicyclic amines) is 1. The smallest absolute Gasteiger partial charge is 0.407 e. The summed E-state index contributed by atoms with van der Waals surface area (Å²) in [4.78, 5) is 27.0. The Labute approximate surface area is 171 Å². The Hall–Kier alpha value is -2.80. The lowest BCUT2D eigenvalue weighted by molar-refractivity contribution is 0.0498. The van der Waals surface area contributed by atoms with Crippen LogP contribution in [0.3, 0.4) is 0 Å². The first kappa shape index (κ1) is 20.9. The van der Waals surface area contributed by atoms with E-state index in [1.807, 2.05) is 51.1 Å². The van der Waals surface area contributed by atoms with Gasteiger partial charge in [0.1, 0.15) is 18.0 Å². The maximum Gasteiger partial charge on any atom is 0.407 e. The highest BCUT2D eigenvalue weighted by molar-refractivity contribution is 5.92. The molecule has 0 saturated carbocycles. The average Bonchev–Trinajstić information content (AvgIpc) is 3.28. The predicted octanol–water partition coefficient (Wildman–Crippen LogP) is 3.56. The van der Waals surface area contributed by atoms with Crippen molar-refractivity contribution in [2.24, 2.45) is 0 Å². The summed E-state index contributed by atoms with van der Waals surface area (Å²) >= 11 is 0.